The molecule has 0 unspecified atom stereocenters. The average Bonchev–Trinajstić information content (AvgIpc) is 1.82. The smallest absolute Gasteiger partial charge is 0.244 e. The first kappa shape index (κ1) is 7.68. The Balaban J connectivity index is 3.65. The number of carbonyl (C=O) groups is 1. The van der Waals surface area contributed by atoms with Gasteiger partial charge in [-0.3, -0.25) is 4.79 Å². The van der Waals surface area contributed by atoms with E-state index < -0.39 is 5.91 Å². The molecule has 0 aromatic carbocycles. The number of nitrogens with zero attached hydrogens (tertiary/aromatic N) is 1. The van der Waals surface area contributed by atoms with E-state index in [2.05, 4.69) is 11.7 Å². The molecule has 0 heterocycles. The van der Waals surface area contributed by atoms with Gasteiger partial charge in [-0.25, -0.2) is 0 Å². The zero-order valence-corrected chi connectivity index (χ0v) is 4.87. The maximum atomic E-state index is 10.2. The molecule has 3 N–H and O–H groups in total. The molecule has 0 aliphatic rings. The van der Waals surface area contributed by atoms with Crippen molar-refractivity contribution in [2.45, 2.75) is 6.42 Å². The van der Waals surface area contributed by atoms with E-state index in [-0.39, 0.29) is 12.0 Å². The number of nitrogens with two attached hydrogens (primary N) is 1. The van der Waals surface area contributed by atoms with Crippen molar-refractivity contribution in [3.63, 3.8) is 0 Å². The summed E-state index contributed by atoms with van der Waals surface area (Å²) in [5.74, 6) is -0.574. The lowest BCUT2D eigenvalue weighted by atomic mass is 10.2. The minimum absolute atomic E-state index is 0.200. The van der Waals surface area contributed by atoms with Gasteiger partial charge in [0.05, 0.1) is 0 Å². The third-order valence-corrected chi connectivity index (χ3v) is 0.768. The van der Waals surface area contributed by atoms with Gasteiger partial charge in [0.25, 0.3) is 0 Å². The first-order valence-corrected chi connectivity index (χ1v) is 2.32. The van der Waals surface area contributed by atoms with Crippen molar-refractivity contribution in [2.24, 2.45) is 10.9 Å². The number of carbonyl (C=O) groups excluding carboxylic acids is 1. The zero-order valence-electron chi connectivity index (χ0n) is 4.87. The lowest BCUT2D eigenvalue weighted by Crippen LogP contribution is -2.12. The van der Waals surface area contributed by atoms with Crippen molar-refractivity contribution in [3.8, 4) is 0 Å². The third kappa shape index (κ3) is 3.28. The van der Waals surface area contributed by atoms with Crippen LogP contribution in [0.2, 0.25) is 0 Å². The molecule has 1 amide bonds. The van der Waals surface area contributed by atoms with Crippen LogP contribution in [0.15, 0.2) is 17.3 Å². The Kier molecular flexibility index (Phi) is 3.12. The van der Waals surface area contributed by atoms with Crippen LogP contribution in [0.3, 0.4) is 0 Å². The van der Waals surface area contributed by atoms with Gasteiger partial charge in [0, 0.05) is 18.2 Å². The van der Waals surface area contributed by atoms with Crippen LogP contribution in [0.5, 0.6) is 0 Å². The van der Waals surface area contributed by atoms with Gasteiger partial charge < -0.3 is 10.9 Å². The van der Waals surface area contributed by atoms with E-state index in [1.165, 1.54) is 0 Å². The summed E-state index contributed by atoms with van der Waals surface area (Å²) in [5, 5.41) is 10.5. The molecule has 0 spiro atoms. The molecule has 0 radical (unpaired) electrons. The van der Waals surface area contributed by atoms with E-state index in [4.69, 9.17) is 10.9 Å². The summed E-state index contributed by atoms with van der Waals surface area (Å²) in [7, 11) is 0. The Morgan fingerprint density at radius 1 is 1.89 bits per heavy atom. The van der Waals surface area contributed by atoms with Crippen LogP contribution < -0.4 is 5.73 Å². The van der Waals surface area contributed by atoms with Crippen LogP contribution >= 0.6 is 0 Å². The Morgan fingerprint density at radius 2 is 2.44 bits per heavy atom. The maximum absolute atomic E-state index is 10.2. The topological polar surface area (TPSA) is 75.7 Å². The molecule has 0 aromatic rings. The third-order valence-electron chi connectivity index (χ3n) is 0.768. The summed E-state index contributed by atoms with van der Waals surface area (Å²) < 4.78 is 0. The van der Waals surface area contributed by atoms with Crippen LogP contribution in [-0.4, -0.2) is 17.3 Å². The number of hydrogen-bond donors (Lipinski definition) is 2. The van der Waals surface area contributed by atoms with Crippen LogP contribution in [0.1, 0.15) is 6.42 Å². The standard InChI is InChI=1S/C5H8N2O2/c1-4(5(6)8)2-3-7-9/h3,9H,1-2H2,(H2,6,8). The molecular formula is C5H8N2O2. The Labute approximate surface area is 52.7 Å². The molecule has 0 saturated heterocycles. The van der Waals surface area contributed by atoms with Crippen molar-refractivity contribution >= 4 is 12.1 Å². The fraction of sp³-hybridized carbons (Fsp3) is 0.200. The fourth-order valence-corrected chi connectivity index (χ4v) is 0.252. The van der Waals surface area contributed by atoms with Gasteiger partial charge in [-0.2, -0.15) is 0 Å². The second-order valence-electron chi connectivity index (χ2n) is 1.47. The minimum atomic E-state index is -0.574. The lowest BCUT2D eigenvalue weighted by Gasteiger charge is -1.90. The highest BCUT2D eigenvalue weighted by molar-refractivity contribution is 5.94. The van der Waals surface area contributed by atoms with Crippen molar-refractivity contribution < 1.29 is 10.0 Å². The fourth-order valence-electron chi connectivity index (χ4n) is 0.252. The largest absolute Gasteiger partial charge is 0.411 e. The van der Waals surface area contributed by atoms with Crippen LogP contribution in [0.4, 0.5) is 0 Å². The summed E-state index contributed by atoms with van der Waals surface area (Å²) in [6.45, 7) is 3.31. The monoisotopic (exact) mass is 128 g/mol. The number of amides is 1. The van der Waals surface area contributed by atoms with Gasteiger partial charge >= 0.3 is 0 Å². The molecule has 50 valence electrons. The Morgan fingerprint density at radius 3 is 2.78 bits per heavy atom. The van der Waals surface area contributed by atoms with Gasteiger partial charge in [-0.05, 0) is 0 Å². The second kappa shape index (κ2) is 3.65. The molecule has 0 aliphatic heterocycles. The highest BCUT2D eigenvalue weighted by Crippen LogP contribution is 1.91. The summed E-state index contributed by atoms with van der Waals surface area (Å²) in [4.78, 5) is 10.2. The summed E-state index contributed by atoms with van der Waals surface area (Å²) in [6, 6.07) is 0. The predicted octanol–water partition coefficient (Wildman–Crippen LogP) is -0.122. The molecule has 0 aliphatic carbocycles. The number of oxime groups is 1. The van der Waals surface area contributed by atoms with Crippen molar-refractivity contribution in [2.75, 3.05) is 0 Å². The van der Waals surface area contributed by atoms with Gasteiger partial charge in [-0.15, -0.1) is 5.16 Å². The number of rotatable bonds is 3. The molecule has 0 bridgehead atoms. The van der Waals surface area contributed by atoms with Gasteiger partial charge in [0.1, 0.15) is 0 Å². The molecule has 4 heteroatoms. The van der Waals surface area contributed by atoms with E-state index >= 15 is 0 Å². The molecule has 4 nitrogen and oxygen atoms in total. The first-order chi connectivity index (χ1) is 4.18. The van der Waals surface area contributed by atoms with Crippen LogP contribution in [-0.2, 0) is 4.79 Å². The first-order valence-electron chi connectivity index (χ1n) is 2.32. The summed E-state index contributed by atoms with van der Waals surface area (Å²) >= 11 is 0. The summed E-state index contributed by atoms with van der Waals surface area (Å²) in [5.41, 5.74) is 5.02. The van der Waals surface area contributed by atoms with E-state index in [1.54, 1.807) is 0 Å². The maximum Gasteiger partial charge on any atom is 0.244 e. The van der Waals surface area contributed by atoms with Crippen molar-refractivity contribution in [1.29, 1.82) is 0 Å². The van der Waals surface area contributed by atoms with Crippen LogP contribution in [0.25, 0.3) is 0 Å². The van der Waals surface area contributed by atoms with Gasteiger partial charge in [0.2, 0.25) is 5.91 Å². The molecule has 0 rings (SSSR count). The SMILES string of the molecule is C=C(CC=NO)C(N)=O. The highest BCUT2D eigenvalue weighted by Gasteiger charge is 1.96. The second-order valence-corrected chi connectivity index (χ2v) is 1.47. The average molecular weight is 128 g/mol. The quantitative estimate of drug-likeness (QED) is 0.240. The zero-order chi connectivity index (χ0) is 7.28. The molecule has 0 aromatic heterocycles. The Bertz CT molecular complexity index is 151. The van der Waals surface area contributed by atoms with E-state index in [1.807, 2.05) is 0 Å². The molecule has 0 fully saturated rings. The molecular weight excluding hydrogens is 120 g/mol. The minimum Gasteiger partial charge on any atom is -0.411 e. The molecule has 9 heavy (non-hydrogen) atoms. The van der Waals surface area contributed by atoms with Gasteiger partial charge in [0.15, 0.2) is 0 Å². The van der Waals surface area contributed by atoms with E-state index in [9.17, 15) is 4.79 Å². The number of hydrogen-bond acceptors (Lipinski definition) is 3. The predicted molar refractivity (Wildman–Crippen MR) is 33.2 cm³/mol. The van der Waals surface area contributed by atoms with Crippen molar-refractivity contribution in [3.05, 3.63) is 12.2 Å². The van der Waals surface area contributed by atoms with Crippen LogP contribution in [0, 0.1) is 0 Å². The lowest BCUT2D eigenvalue weighted by molar-refractivity contribution is -0.114. The van der Waals surface area contributed by atoms with Gasteiger partial charge in [-0.1, -0.05) is 6.58 Å². The molecule has 0 saturated carbocycles. The van der Waals surface area contributed by atoms with Crippen molar-refractivity contribution in [1.82, 2.24) is 0 Å². The highest BCUT2D eigenvalue weighted by atomic mass is 16.4. The van der Waals surface area contributed by atoms with E-state index in [0.717, 1.165) is 6.21 Å². The Hall–Kier alpha value is -1.32. The normalized spacial score (nSPS) is 9.78. The van der Waals surface area contributed by atoms with E-state index in [0.29, 0.717) is 0 Å². The summed E-state index contributed by atoms with van der Waals surface area (Å²) in [6.07, 6.45) is 1.35. The molecule has 0 atom stereocenters. The number of primary amides is 1.